The van der Waals surface area contributed by atoms with Gasteiger partial charge in [-0.3, -0.25) is 4.79 Å². The molecule has 6 heteroatoms. The summed E-state index contributed by atoms with van der Waals surface area (Å²) in [5.41, 5.74) is 0.842. The van der Waals surface area contributed by atoms with Gasteiger partial charge >= 0.3 is 0 Å². The van der Waals surface area contributed by atoms with Crippen LogP contribution in [-0.4, -0.2) is 31.3 Å². The lowest BCUT2D eigenvalue weighted by Crippen LogP contribution is -2.08. The Morgan fingerprint density at radius 1 is 1.05 bits per heavy atom. The average Bonchev–Trinajstić information content (AvgIpc) is 2.46. The molecule has 1 N–H and O–H groups in total. The lowest BCUT2D eigenvalue weighted by atomic mass is 10.1. The Hall–Kier alpha value is -2.50. The molecule has 0 bridgehead atoms. The van der Waals surface area contributed by atoms with Gasteiger partial charge in [-0.1, -0.05) is 0 Å². The Morgan fingerprint density at radius 2 is 1.68 bits per heavy atom. The third-order valence-electron chi connectivity index (χ3n) is 2.69. The molecule has 19 heavy (non-hydrogen) atoms. The van der Waals surface area contributed by atoms with Gasteiger partial charge in [0.25, 0.3) is 5.56 Å². The van der Waals surface area contributed by atoms with E-state index in [2.05, 4.69) is 9.97 Å². The monoisotopic (exact) mass is 262 g/mol. The molecule has 0 unspecified atom stereocenters. The first-order valence-corrected chi connectivity index (χ1v) is 5.54. The van der Waals surface area contributed by atoms with Crippen LogP contribution in [0.25, 0.3) is 11.1 Å². The molecule has 0 spiro atoms. The summed E-state index contributed by atoms with van der Waals surface area (Å²) < 4.78 is 15.7. The van der Waals surface area contributed by atoms with Crippen molar-refractivity contribution in [2.45, 2.75) is 0 Å². The molecule has 1 heterocycles. The number of nitrogens with one attached hydrogen (secondary N) is 1. The van der Waals surface area contributed by atoms with Crippen LogP contribution in [0.5, 0.6) is 17.2 Å². The number of ether oxygens (including phenoxy) is 3. The minimum absolute atomic E-state index is 0.232. The van der Waals surface area contributed by atoms with Crippen molar-refractivity contribution in [2.24, 2.45) is 0 Å². The Labute approximate surface area is 110 Å². The predicted octanol–water partition coefficient (Wildman–Crippen LogP) is 1.46. The fourth-order valence-corrected chi connectivity index (χ4v) is 1.79. The molecule has 6 nitrogen and oxygen atoms in total. The summed E-state index contributed by atoms with van der Waals surface area (Å²) in [5.74, 6) is 1.45. The van der Waals surface area contributed by atoms with Crippen LogP contribution in [0.1, 0.15) is 0 Å². The van der Waals surface area contributed by atoms with E-state index in [1.165, 1.54) is 33.9 Å². The number of benzene rings is 1. The van der Waals surface area contributed by atoms with Crippen molar-refractivity contribution in [1.82, 2.24) is 9.97 Å². The number of hydrogen-bond acceptors (Lipinski definition) is 5. The van der Waals surface area contributed by atoms with Crippen molar-refractivity contribution in [2.75, 3.05) is 21.3 Å². The highest BCUT2D eigenvalue weighted by Gasteiger charge is 2.15. The standard InChI is InChI=1S/C13H14N2O4/c1-17-10-4-8(5-11(18-2)12(10)19-3)9-6-14-7-15-13(9)16/h4-7H,1-3H3,(H,14,15,16). The van der Waals surface area contributed by atoms with E-state index in [-0.39, 0.29) is 5.56 Å². The summed E-state index contributed by atoms with van der Waals surface area (Å²) in [6.07, 6.45) is 2.82. The molecule has 100 valence electrons. The predicted molar refractivity (Wildman–Crippen MR) is 69.9 cm³/mol. The molecule has 1 aromatic carbocycles. The highest BCUT2D eigenvalue weighted by Crippen LogP contribution is 2.40. The summed E-state index contributed by atoms with van der Waals surface area (Å²) in [7, 11) is 4.57. The molecular formula is C13H14N2O4. The SMILES string of the molecule is COc1cc(-c2cnc[nH]c2=O)cc(OC)c1OC. The van der Waals surface area contributed by atoms with E-state index >= 15 is 0 Å². The van der Waals surface area contributed by atoms with Crippen molar-refractivity contribution in [3.63, 3.8) is 0 Å². The normalized spacial score (nSPS) is 10.1. The van der Waals surface area contributed by atoms with Gasteiger partial charge in [0, 0.05) is 6.20 Å². The van der Waals surface area contributed by atoms with Crippen LogP contribution in [0, 0.1) is 0 Å². The zero-order valence-corrected chi connectivity index (χ0v) is 10.9. The van der Waals surface area contributed by atoms with E-state index in [9.17, 15) is 4.79 Å². The number of hydrogen-bond donors (Lipinski definition) is 1. The van der Waals surface area contributed by atoms with Crippen molar-refractivity contribution in [3.05, 3.63) is 35.0 Å². The van der Waals surface area contributed by atoms with Crippen LogP contribution in [0.15, 0.2) is 29.5 Å². The van der Waals surface area contributed by atoms with E-state index in [0.717, 1.165) is 0 Å². The van der Waals surface area contributed by atoms with Crippen LogP contribution in [0.4, 0.5) is 0 Å². The second-order valence-electron chi connectivity index (χ2n) is 3.71. The number of H-pyrrole nitrogens is 1. The van der Waals surface area contributed by atoms with Gasteiger partial charge in [0.15, 0.2) is 11.5 Å². The largest absolute Gasteiger partial charge is 0.493 e. The van der Waals surface area contributed by atoms with E-state index in [0.29, 0.717) is 28.4 Å². The van der Waals surface area contributed by atoms with Crippen molar-refractivity contribution < 1.29 is 14.2 Å². The second-order valence-corrected chi connectivity index (χ2v) is 3.71. The van der Waals surface area contributed by atoms with Crippen molar-refractivity contribution in [1.29, 1.82) is 0 Å². The summed E-state index contributed by atoms with van der Waals surface area (Å²) in [6, 6.07) is 3.40. The first-order chi connectivity index (χ1) is 9.21. The van der Waals surface area contributed by atoms with E-state index in [1.807, 2.05) is 0 Å². The zero-order valence-electron chi connectivity index (χ0n) is 10.9. The van der Waals surface area contributed by atoms with Gasteiger partial charge in [0.1, 0.15) is 0 Å². The minimum atomic E-state index is -0.232. The third-order valence-corrected chi connectivity index (χ3v) is 2.69. The molecule has 1 aromatic heterocycles. The van der Waals surface area contributed by atoms with Gasteiger partial charge in [-0.15, -0.1) is 0 Å². The first-order valence-electron chi connectivity index (χ1n) is 5.54. The van der Waals surface area contributed by atoms with Gasteiger partial charge in [0.2, 0.25) is 5.75 Å². The Morgan fingerprint density at radius 3 is 2.16 bits per heavy atom. The third kappa shape index (κ3) is 2.37. The molecule has 0 saturated heterocycles. The van der Waals surface area contributed by atoms with Gasteiger partial charge < -0.3 is 19.2 Å². The fourth-order valence-electron chi connectivity index (χ4n) is 1.79. The quantitative estimate of drug-likeness (QED) is 0.903. The first kappa shape index (κ1) is 12.9. The topological polar surface area (TPSA) is 73.4 Å². The molecule has 0 aliphatic rings. The highest BCUT2D eigenvalue weighted by molar-refractivity contribution is 5.69. The van der Waals surface area contributed by atoms with Crippen molar-refractivity contribution in [3.8, 4) is 28.4 Å². The maximum absolute atomic E-state index is 11.8. The molecule has 0 radical (unpaired) electrons. The van der Waals surface area contributed by atoms with Crippen LogP contribution >= 0.6 is 0 Å². The highest BCUT2D eigenvalue weighted by atomic mass is 16.5. The van der Waals surface area contributed by atoms with E-state index in [4.69, 9.17) is 14.2 Å². The molecule has 0 saturated carbocycles. The second kappa shape index (κ2) is 5.43. The molecule has 0 fully saturated rings. The molecule has 0 aliphatic heterocycles. The number of methoxy groups -OCH3 is 3. The van der Waals surface area contributed by atoms with Crippen LogP contribution in [-0.2, 0) is 0 Å². The van der Waals surface area contributed by atoms with Crippen LogP contribution in [0.3, 0.4) is 0 Å². The number of aromatic nitrogens is 2. The molecule has 2 aromatic rings. The van der Waals surface area contributed by atoms with Gasteiger partial charge in [-0.25, -0.2) is 4.98 Å². The number of rotatable bonds is 4. The Bertz CT molecular complexity index is 612. The summed E-state index contributed by atoms with van der Waals surface area (Å²) in [4.78, 5) is 18.2. The van der Waals surface area contributed by atoms with E-state index in [1.54, 1.807) is 12.1 Å². The summed E-state index contributed by atoms with van der Waals surface area (Å²) >= 11 is 0. The Kier molecular flexibility index (Phi) is 3.70. The molecule has 2 rings (SSSR count). The summed E-state index contributed by atoms with van der Waals surface area (Å²) in [5, 5.41) is 0. The van der Waals surface area contributed by atoms with Crippen LogP contribution in [0.2, 0.25) is 0 Å². The Balaban J connectivity index is 2.66. The van der Waals surface area contributed by atoms with Crippen LogP contribution < -0.4 is 19.8 Å². The fraction of sp³-hybridized carbons (Fsp3) is 0.231. The molecule has 0 aliphatic carbocycles. The maximum atomic E-state index is 11.8. The smallest absolute Gasteiger partial charge is 0.258 e. The lowest BCUT2D eigenvalue weighted by Gasteiger charge is -2.13. The number of aromatic amines is 1. The van der Waals surface area contributed by atoms with E-state index < -0.39 is 0 Å². The zero-order chi connectivity index (χ0) is 13.8. The average molecular weight is 262 g/mol. The number of nitrogens with zero attached hydrogens (tertiary/aromatic N) is 1. The van der Waals surface area contributed by atoms with Gasteiger partial charge in [-0.2, -0.15) is 0 Å². The minimum Gasteiger partial charge on any atom is -0.493 e. The van der Waals surface area contributed by atoms with Crippen molar-refractivity contribution >= 4 is 0 Å². The molecular weight excluding hydrogens is 248 g/mol. The molecule has 0 atom stereocenters. The van der Waals surface area contributed by atoms with Gasteiger partial charge in [-0.05, 0) is 17.7 Å². The molecule has 0 amide bonds. The van der Waals surface area contributed by atoms with Gasteiger partial charge in [0.05, 0.1) is 33.2 Å². The summed E-state index contributed by atoms with van der Waals surface area (Å²) in [6.45, 7) is 0. The maximum Gasteiger partial charge on any atom is 0.258 e. The lowest BCUT2D eigenvalue weighted by molar-refractivity contribution is 0.324.